The predicted molar refractivity (Wildman–Crippen MR) is 151 cm³/mol. The molecule has 204 valence electrons. The number of ether oxygens (including phenoxy) is 1. The van der Waals surface area contributed by atoms with E-state index in [1.807, 2.05) is 30.3 Å². The molecule has 3 N–H and O–H groups in total. The fraction of sp³-hybridized carbons (Fsp3) is 0.677. The molecule has 0 bridgehead atoms. The van der Waals surface area contributed by atoms with Crippen molar-refractivity contribution in [3.63, 3.8) is 0 Å². The third kappa shape index (κ3) is 18.2. The molecule has 1 unspecified atom stereocenters. The number of carbonyl (C=O) groups excluding carboxylic acids is 2. The highest BCUT2D eigenvalue weighted by Gasteiger charge is 2.21. The topological polar surface area (TPSA) is 81.4 Å². The molecule has 36 heavy (non-hydrogen) atoms. The van der Waals surface area contributed by atoms with Gasteiger partial charge in [0, 0.05) is 6.42 Å². The van der Waals surface area contributed by atoms with Crippen LogP contribution in [0.3, 0.4) is 0 Å². The normalized spacial score (nSPS) is 12.1. The quantitative estimate of drug-likeness (QED) is 0.0933. The monoisotopic (exact) mass is 500 g/mol. The van der Waals surface area contributed by atoms with Crippen molar-refractivity contribution < 1.29 is 14.3 Å². The van der Waals surface area contributed by atoms with E-state index < -0.39 is 6.04 Å². The number of hydrogen-bond donors (Lipinski definition) is 2. The third-order valence-electron chi connectivity index (χ3n) is 6.46. The van der Waals surface area contributed by atoms with Crippen LogP contribution in [0.25, 0.3) is 0 Å². The van der Waals surface area contributed by atoms with Crippen LogP contribution in [-0.2, 0) is 20.9 Å². The van der Waals surface area contributed by atoms with Crippen LogP contribution in [0.5, 0.6) is 0 Å². The Labute approximate surface area is 220 Å². The number of esters is 1. The summed E-state index contributed by atoms with van der Waals surface area (Å²) in [6.45, 7) is 3.06. The lowest BCUT2D eigenvalue weighted by Crippen LogP contribution is -2.41. The minimum atomic E-state index is -0.601. The molecule has 5 heteroatoms. The third-order valence-corrected chi connectivity index (χ3v) is 6.46. The number of amides is 1. The van der Waals surface area contributed by atoms with E-state index in [2.05, 4.69) is 24.4 Å². The first-order valence-corrected chi connectivity index (χ1v) is 14.5. The second-order valence-electron chi connectivity index (χ2n) is 9.83. The van der Waals surface area contributed by atoms with Crippen molar-refractivity contribution >= 4 is 11.9 Å². The Morgan fingerprint density at radius 2 is 1.44 bits per heavy atom. The molecule has 1 rings (SSSR count). The van der Waals surface area contributed by atoms with E-state index in [-0.39, 0.29) is 18.5 Å². The Bertz CT molecular complexity index is 690. The molecular formula is C31H52N2O3. The van der Waals surface area contributed by atoms with Gasteiger partial charge in [0.2, 0.25) is 5.91 Å². The smallest absolute Gasteiger partial charge is 0.328 e. The SMILES string of the molecule is CCCCCCCC/C=C\CCCCCCCC(=O)NC(CCCCN)C(=O)OCc1ccccc1. The van der Waals surface area contributed by atoms with E-state index >= 15 is 0 Å². The predicted octanol–water partition coefficient (Wildman–Crippen LogP) is 7.38. The zero-order valence-corrected chi connectivity index (χ0v) is 22.9. The summed E-state index contributed by atoms with van der Waals surface area (Å²) >= 11 is 0. The highest BCUT2D eigenvalue weighted by molar-refractivity contribution is 5.84. The number of unbranched alkanes of at least 4 members (excludes halogenated alkanes) is 12. The van der Waals surface area contributed by atoms with Gasteiger partial charge in [-0.05, 0) is 63.5 Å². The van der Waals surface area contributed by atoms with Gasteiger partial charge in [-0.2, -0.15) is 0 Å². The summed E-state index contributed by atoms with van der Waals surface area (Å²) < 4.78 is 5.46. The van der Waals surface area contributed by atoms with E-state index in [4.69, 9.17) is 10.5 Å². The van der Waals surface area contributed by atoms with Crippen molar-refractivity contribution in [2.45, 2.75) is 129 Å². The van der Waals surface area contributed by atoms with E-state index in [0.29, 0.717) is 19.4 Å². The summed E-state index contributed by atoms with van der Waals surface area (Å²) in [5.74, 6) is -0.434. The molecule has 0 aliphatic carbocycles. The molecule has 0 saturated heterocycles. The fourth-order valence-electron chi connectivity index (χ4n) is 4.19. The van der Waals surface area contributed by atoms with Gasteiger partial charge in [0.15, 0.2) is 0 Å². The van der Waals surface area contributed by atoms with Gasteiger partial charge in [-0.1, -0.05) is 101 Å². The van der Waals surface area contributed by atoms with Crippen LogP contribution in [0.4, 0.5) is 0 Å². The molecule has 0 aromatic heterocycles. The maximum atomic E-state index is 12.6. The Balaban J connectivity index is 2.13. The number of nitrogens with two attached hydrogens (primary N) is 1. The fourth-order valence-corrected chi connectivity index (χ4v) is 4.19. The Kier molecular flexibility index (Phi) is 20.6. The van der Waals surface area contributed by atoms with Crippen molar-refractivity contribution in [3.8, 4) is 0 Å². The maximum absolute atomic E-state index is 12.6. The van der Waals surface area contributed by atoms with Crippen molar-refractivity contribution in [3.05, 3.63) is 48.0 Å². The highest BCUT2D eigenvalue weighted by Crippen LogP contribution is 2.11. The van der Waals surface area contributed by atoms with Gasteiger partial charge in [-0.15, -0.1) is 0 Å². The van der Waals surface area contributed by atoms with E-state index in [9.17, 15) is 9.59 Å². The molecule has 1 amide bonds. The Hall–Kier alpha value is -2.14. The number of allylic oxidation sites excluding steroid dienone is 2. The van der Waals surface area contributed by atoms with Crippen LogP contribution in [-0.4, -0.2) is 24.5 Å². The molecule has 0 aliphatic heterocycles. The lowest BCUT2D eigenvalue weighted by molar-refractivity contribution is -0.149. The van der Waals surface area contributed by atoms with E-state index in [1.54, 1.807) is 0 Å². The summed E-state index contributed by atoms with van der Waals surface area (Å²) in [5, 5.41) is 2.90. The summed E-state index contributed by atoms with van der Waals surface area (Å²) in [5.41, 5.74) is 6.53. The minimum absolute atomic E-state index is 0.0676. The average molecular weight is 501 g/mol. The summed E-state index contributed by atoms with van der Waals surface area (Å²) in [6.07, 6.45) is 23.3. The van der Waals surface area contributed by atoms with Gasteiger partial charge in [0.05, 0.1) is 0 Å². The zero-order valence-electron chi connectivity index (χ0n) is 22.9. The van der Waals surface area contributed by atoms with Crippen LogP contribution in [0.2, 0.25) is 0 Å². The molecule has 0 fully saturated rings. The number of nitrogens with one attached hydrogen (secondary N) is 1. The van der Waals surface area contributed by atoms with Gasteiger partial charge in [0.25, 0.3) is 0 Å². The van der Waals surface area contributed by atoms with Gasteiger partial charge < -0.3 is 15.8 Å². The first kappa shape index (κ1) is 31.9. The highest BCUT2D eigenvalue weighted by atomic mass is 16.5. The number of rotatable bonds is 23. The number of hydrogen-bond acceptors (Lipinski definition) is 4. The zero-order chi connectivity index (χ0) is 26.1. The largest absolute Gasteiger partial charge is 0.459 e. The van der Waals surface area contributed by atoms with Crippen molar-refractivity contribution in [2.24, 2.45) is 5.73 Å². The lowest BCUT2D eigenvalue weighted by atomic mass is 10.1. The second kappa shape index (κ2) is 23.3. The molecule has 0 saturated carbocycles. The van der Waals surface area contributed by atoms with Gasteiger partial charge >= 0.3 is 5.97 Å². The van der Waals surface area contributed by atoms with Crippen molar-refractivity contribution in [1.82, 2.24) is 5.32 Å². The van der Waals surface area contributed by atoms with Gasteiger partial charge in [-0.3, -0.25) is 4.79 Å². The van der Waals surface area contributed by atoms with Gasteiger partial charge in [-0.25, -0.2) is 4.79 Å². The number of carbonyl (C=O) groups is 2. The van der Waals surface area contributed by atoms with Crippen LogP contribution in [0.1, 0.15) is 122 Å². The van der Waals surface area contributed by atoms with Gasteiger partial charge in [0.1, 0.15) is 12.6 Å². The van der Waals surface area contributed by atoms with Crippen LogP contribution in [0.15, 0.2) is 42.5 Å². The van der Waals surface area contributed by atoms with E-state index in [0.717, 1.165) is 44.1 Å². The Morgan fingerprint density at radius 3 is 2.08 bits per heavy atom. The first-order chi connectivity index (χ1) is 17.7. The Morgan fingerprint density at radius 1 is 0.833 bits per heavy atom. The molecule has 0 aliphatic rings. The van der Waals surface area contributed by atoms with E-state index in [1.165, 1.54) is 57.8 Å². The molecule has 1 aromatic carbocycles. The summed E-state index contributed by atoms with van der Waals surface area (Å²) in [4.78, 5) is 25.0. The van der Waals surface area contributed by atoms with Crippen molar-refractivity contribution in [1.29, 1.82) is 0 Å². The average Bonchev–Trinajstić information content (AvgIpc) is 2.89. The lowest BCUT2D eigenvalue weighted by Gasteiger charge is -2.18. The summed E-state index contributed by atoms with van der Waals surface area (Å²) in [6, 6.07) is 8.99. The molecule has 1 atom stereocenters. The first-order valence-electron chi connectivity index (χ1n) is 14.5. The second-order valence-corrected chi connectivity index (χ2v) is 9.83. The molecule has 0 spiro atoms. The van der Waals surface area contributed by atoms with Crippen LogP contribution in [0, 0.1) is 0 Å². The molecule has 1 aromatic rings. The molecular weight excluding hydrogens is 448 g/mol. The summed E-state index contributed by atoms with van der Waals surface area (Å²) in [7, 11) is 0. The minimum Gasteiger partial charge on any atom is -0.459 e. The molecule has 0 radical (unpaired) electrons. The molecule has 0 heterocycles. The molecule has 5 nitrogen and oxygen atoms in total. The number of benzene rings is 1. The standard InChI is InChI=1S/C31H52N2O3/c1-2-3-4-5-6-7-8-9-10-11-12-13-14-15-19-25-30(34)33-29(24-20-21-26-32)31(35)36-27-28-22-17-16-18-23-28/h9-10,16-18,22-23,29H,2-8,11-15,19-21,24-27,32H2,1H3,(H,33,34)/b10-9-. The van der Waals surface area contributed by atoms with Crippen LogP contribution >= 0.6 is 0 Å². The van der Waals surface area contributed by atoms with Crippen molar-refractivity contribution in [2.75, 3.05) is 6.54 Å². The maximum Gasteiger partial charge on any atom is 0.328 e. The van der Waals surface area contributed by atoms with Crippen LogP contribution < -0.4 is 11.1 Å².